The molecule has 2 aromatic carbocycles. The molecular formula is C29H26ClF5N8O2. The van der Waals surface area contributed by atoms with Gasteiger partial charge in [-0.3, -0.25) is 14.3 Å². The monoisotopic (exact) mass is 648 g/mol. The molecule has 0 radical (unpaired) electrons. The zero-order chi connectivity index (χ0) is 32.2. The molecular weight excluding hydrogens is 623 g/mol. The van der Waals surface area contributed by atoms with Gasteiger partial charge >= 0.3 is 6.18 Å². The predicted octanol–water partition coefficient (Wildman–Crippen LogP) is 5.53. The molecule has 1 saturated heterocycles. The van der Waals surface area contributed by atoms with Crippen molar-refractivity contribution in [3.63, 3.8) is 0 Å². The number of benzene rings is 2. The Morgan fingerprint density at radius 2 is 1.82 bits per heavy atom. The zero-order valence-corrected chi connectivity index (χ0v) is 24.7. The van der Waals surface area contributed by atoms with Gasteiger partial charge in [-0.05, 0) is 44.0 Å². The van der Waals surface area contributed by atoms with Crippen LogP contribution in [0.2, 0.25) is 5.02 Å². The maximum Gasteiger partial charge on any atom is 0.401 e. The van der Waals surface area contributed by atoms with E-state index in [9.17, 15) is 22.4 Å². The van der Waals surface area contributed by atoms with Gasteiger partial charge in [-0.25, -0.2) is 24.0 Å². The van der Waals surface area contributed by atoms with Gasteiger partial charge in [-0.2, -0.15) is 22.7 Å². The largest absolute Gasteiger partial charge is 0.494 e. The van der Waals surface area contributed by atoms with E-state index in [1.807, 2.05) is 0 Å². The van der Waals surface area contributed by atoms with E-state index < -0.39 is 42.0 Å². The standard InChI is InChI=1S/C29H26ClF5N8O2/c1-14(43-27-21(25(36)37-13-38-27)24(40-43)16-6-7-19(45-2)23(32)22(16)31)26-39-18-5-3-4-17(30)20(18)28(44)42(26)15-8-10-41(11-9-15)12-29(33,34)35/h3-7,13-15H,8-12H2,1-2H3,(H2,36,37,38). The number of fused-ring (bicyclic) bond motifs is 2. The maximum atomic E-state index is 15.3. The Kier molecular flexibility index (Phi) is 7.85. The molecule has 1 atom stereocenters. The van der Waals surface area contributed by atoms with Crippen LogP contribution in [-0.4, -0.2) is 67.1 Å². The number of ether oxygens (including phenoxy) is 1. The molecule has 16 heteroatoms. The highest BCUT2D eigenvalue weighted by Gasteiger charge is 2.35. The quantitative estimate of drug-likeness (QED) is 0.239. The third kappa shape index (κ3) is 5.43. The molecule has 2 N–H and O–H groups in total. The molecule has 6 rings (SSSR count). The second-order valence-electron chi connectivity index (χ2n) is 10.8. The van der Waals surface area contributed by atoms with Crippen LogP contribution in [0.4, 0.5) is 27.8 Å². The van der Waals surface area contributed by atoms with E-state index in [-0.39, 0.29) is 76.0 Å². The fourth-order valence-corrected chi connectivity index (χ4v) is 6.14. The van der Waals surface area contributed by atoms with Crippen LogP contribution in [0.3, 0.4) is 0 Å². The van der Waals surface area contributed by atoms with Gasteiger partial charge in [0.1, 0.15) is 29.7 Å². The normalized spacial score (nSPS) is 15.6. The lowest BCUT2D eigenvalue weighted by atomic mass is 10.0. The number of halogens is 6. The number of anilines is 1. The fourth-order valence-electron chi connectivity index (χ4n) is 5.89. The summed E-state index contributed by atoms with van der Waals surface area (Å²) in [6, 6.07) is 6.00. The number of nitrogens with two attached hydrogens (primary N) is 1. The molecule has 1 aliphatic heterocycles. The highest BCUT2D eigenvalue weighted by atomic mass is 35.5. The average Bonchev–Trinajstić information content (AvgIpc) is 3.38. The number of alkyl halides is 3. The van der Waals surface area contributed by atoms with Crippen molar-refractivity contribution in [2.45, 2.75) is 38.0 Å². The summed E-state index contributed by atoms with van der Waals surface area (Å²) in [5, 5.41) is 5.08. The van der Waals surface area contributed by atoms with Gasteiger partial charge in [0.2, 0.25) is 5.82 Å². The second kappa shape index (κ2) is 11.5. The Balaban J connectivity index is 1.52. The SMILES string of the molecule is COc1ccc(-c2nn(C(C)c3nc4cccc(Cl)c4c(=O)n3C3CCN(CC(F)(F)F)CC3)c3ncnc(N)c23)c(F)c1F. The molecule has 4 heterocycles. The summed E-state index contributed by atoms with van der Waals surface area (Å²) in [5.41, 5.74) is 5.92. The number of piperidine rings is 1. The predicted molar refractivity (Wildman–Crippen MR) is 157 cm³/mol. The summed E-state index contributed by atoms with van der Waals surface area (Å²) in [6.07, 6.45) is -2.68. The minimum Gasteiger partial charge on any atom is -0.494 e. The maximum absolute atomic E-state index is 15.3. The number of rotatable bonds is 6. The van der Waals surface area contributed by atoms with Gasteiger partial charge in [0.15, 0.2) is 17.2 Å². The van der Waals surface area contributed by atoms with Gasteiger partial charge in [0, 0.05) is 24.7 Å². The van der Waals surface area contributed by atoms with Crippen molar-refractivity contribution in [1.29, 1.82) is 0 Å². The third-order valence-electron chi connectivity index (χ3n) is 8.01. The first-order valence-electron chi connectivity index (χ1n) is 13.9. The zero-order valence-electron chi connectivity index (χ0n) is 23.9. The number of likely N-dealkylation sites (tertiary alicyclic amines) is 1. The molecule has 1 aliphatic rings. The Morgan fingerprint density at radius 3 is 2.51 bits per heavy atom. The molecule has 236 valence electrons. The smallest absolute Gasteiger partial charge is 0.401 e. The summed E-state index contributed by atoms with van der Waals surface area (Å²) in [4.78, 5) is 28.5. The molecule has 45 heavy (non-hydrogen) atoms. The summed E-state index contributed by atoms with van der Waals surface area (Å²) >= 11 is 6.42. The van der Waals surface area contributed by atoms with Crippen molar-refractivity contribution in [2.75, 3.05) is 32.5 Å². The lowest BCUT2D eigenvalue weighted by Gasteiger charge is -2.34. The van der Waals surface area contributed by atoms with Gasteiger partial charge in [-0.1, -0.05) is 17.7 Å². The number of methoxy groups -OCH3 is 1. The molecule has 0 aliphatic carbocycles. The first kappa shape index (κ1) is 30.6. The number of aromatic nitrogens is 6. The van der Waals surface area contributed by atoms with E-state index in [2.05, 4.69) is 15.1 Å². The lowest BCUT2D eigenvalue weighted by Crippen LogP contribution is -2.43. The minimum absolute atomic E-state index is 0.0447. The minimum atomic E-state index is -4.35. The van der Waals surface area contributed by atoms with Crippen LogP contribution in [0.5, 0.6) is 5.75 Å². The number of nitrogen functional groups attached to an aromatic ring is 1. The van der Waals surface area contributed by atoms with Crippen molar-refractivity contribution < 1.29 is 26.7 Å². The van der Waals surface area contributed by atoms with Crippen molar-refractivity contribution in [3.8, 4) is 17.0 Å². The van der Waals surface area contributed by atoms with E-state index in [0.717, 1.165) is 0 Å². The number of nitrogens with zero attached hydrogens (tertiary/aromatic N) is 7. The van der Waals surface area contributed by atoms with E-state index in [1.54, 1.807) is 25.1 Å². The summed E-state index contributed by atoms with van der Waals surface area (Å²) in [7, 11) is 1.21. The second-order valence-corrected chi connectivity index (χ2v) is 11.2. The molecule has 10 nitrogen and oxygen atoms in total. The van der Waals surface area contributed by atoms with Crippen LogP contribution in [0, 0.1) is 11.6 Å². The Bertz CT molecular complexity index is 1990. The molecule has 1 fully saturated rings. The molecule has 3 aromatic heterocycles. The Morgan fingerprint density at radius 1 is 1.09 bits per heavy atom. The van der Waals surface area contributed by atoms with E-state index in [0.29, 0.717) is 5.52 Å². The van der Waals surface area contributed by atoms with Gasteiger partial charge < -0.3 is 10.5 Å². The van der Waals surface area contributed by atoms with Gasteiger partial charge in [0.05, 0.1) is 35.0 Å². The van der Waals surface area contributed by atoms with E-state index in [4.69, 9.17) is 27.1 Å². The average molecular weight is 649 g/mol. The van der Waals surface area contributed by atoms with Gasteiger partial charge in [-0.15, -0.1) is 0 Å². The first-order valence-corrected chi connectivity index (χ1v) is 14.3. The van der Waals surface area contributed by atoms with Crippen LogP contribution < -0.4 is 16.0 Å². The Labute approximate surface area is 257 Å². The van der Waals surface area contributed by atoms with Crippen LogP contribution in [0.1, 0.15) is 37.7 Å². The lowest BCUT2D eigenvalue weighted by molar-refractivity contribution is -0.148. The van der Waals surface area contributed by atoms with Crippen LogP contribution in [-0.2, 0) is 0 Å². The Hall–Kier alpha value is -4.37. The van der Waals surface area contributed by atoms with Crippen LogP contribution >= 0.6 is 11.6 Å². The van der Waals surface area contributed by atoms with Crippen molar-refractivity contribution in [1.82, 2.24) is 34.2 Å². The van der Waals surface area contributed by atoms with Crippen molar-refractivity contribution in [3.05, 3.63) is 69.5 Å². The van der Waals surface area contributed by atoms with Crippen LogP contribution in [0.25, 0.3) is 33.2 Å². The number of hydrogen-bond acceptors (Lipinski definition) is 8. The van der Waals surface area contributed by atoms with Crippen LogP contribution in [0.15, 0.2) is 41.5 Å². The molecule has 0 amide bonds. The molecule has 0 spiro atoms. The van der Waals surface area contributed by atoms with Crippen molar-refractivity contribution >= 4 is 39.4 Å². The molecule has 1 unspecified atom stereocenters. The fraction of sp³-hybridized carbons (Fsp3) is 0.345. The van der Waals surface area contributed by atoms with Crippen molar-refractivity contribution in [2.24, 2.45) is 0 Å². The molecule has 5 aromatic rings. The molecule has 0 saturated carbocycles. The summed E-state index contributed by atoms with van der Waals surface area (Å²) in [5.74, 6) is -2.57. The highest BCUT2D eigenvalue weighted by molar-refractivity contribution is 6.35. The van der Waals surface area contributed by atoms with Gasteiger partial charge in [0.25, 0.3) is 5.56 Å². The highest BCUT2D eigenvalue weighted by Crippen LogP contribution is 2.37. The summed E-state index contributed by atoms with van der Waals surface area (Å²) in [6.45, 7) is 0.843. The first-order chi connectivity index (χ1) is 21.4. The number of hydrogen-bond donors (Lipinski definition) is 1. The van der Waals surface area contributed by atoms with E-state index in [1.165, 1.54) is 39.7 Å². The molecule has 0 bridgehead atoms. The summed E-state index contributed by atoms with van der Waals surface area (Å²) < 4.78 is 77.0. The topological polar surface area (TPSA) is 117 Å². The third-order valence-corrected chi connectivity index (χ3v) is 8.33. The van der Waals surface area contributed by atoms with E-state index >= 15 is 4.39 Å².